The molecule has 0 amide bonds. The number of halogens is 2. The zero-order chi connectivity index (χ0) is 10.7. The molecule has 0 aliphatic heterocycles. The predicted molar refractivity (Wildman–Crippen MR) is 56.2 cm³/mol. The Hall–Kier alpha value is -0.750. The maximum atomic E-state index is 9.73. The Balaban J connectivity index is 3.08. The molecule has 0 bridgehead atoms. The topological polar surface area (TPSA) is 44.0 Å². The smallest absolute Gasteiger partial charge is 0.0960 e. The van der Waals surface area contributed by atoms with Gasteiger partial charge in [0.25, 0.3) is 0 Å². The van der Waals surface area contributed by atoms with Crippen LogP contribution in [0.3, 0.4) is 0 Å². The van der Waals surface area contributed by atoms with Crippen molar-refractivity contribution in [2.24, 2.45) is 5.92 Å². The van der Waals surface area contributed by atoms with Gasteiger partial charge in [0.15, 0.2) is 0 Å². The van der Waals surface area contributed by atoms with Crippen molar-refractivity contribution in [1.82, 2.24) is 0 Å². The van der Waals surface area contributed by atoms with Crippen LogP contribution >= 0.6 is 23.2 Å². The summed E-state index contributed by atoms with van der Waals surface area (Å²) in [5, 5.41) is 19.1. The van der Waals surface area contributed by atoms with Crippen molar-refractivity contribution >= 4 is 23.2 Å². The van der Waals surface area contributed by atoms with Crippen LogP contribution in [0.5, 0.6) is 0 Å². The molecule has 0 fully saturated rings. The van der Waals surface area contributed by atoms with Crippen LogP contribution in [0.2, 0.25) is 10.0 Å². The average molecular weight is 230 g/mol. The van der Waals surface area contributed by atoms with Crippen LogP contribution in [0.15, 0.2) is 18.2 Å². The van der Waals surface area contributed by atoms with Gasteiger partial charge in [-0.3, -0.25) is 0 Å². The Kier molecular flexibility index (Phi) is 3.77. The maximum absolute atomic E-state index is 9.73. The van der Waals surface area contributed by atoms with Crippen LogP contribution < -0.4 is 0 Å². The van der Waals surface area contributed by atoms with E-state index in [0.29, 0.717) is 15.6 Å². The number of hydrogen-bond acceptors (Lipinski definition) is 2. The molecule has 74 valence electrons. The molecular formula is C10H9Cl2NO. The molecule has 0 aliphatic carbocycles. The monoisotopic (exact) mass is 229 g/mol. The summed E-state index contributed by atoms with van der Waals surface area (Å²) in [6.07, 6.45) is -0.897. The van der Waals surface area contributed by atoms with Gasteiger partial charge in [0.1, 0.15) is 0 Å². The lowest BCUT2D eigenvalue weighted by atomic mass is 9.99. The van der Waals surface area contributed by atoms with Crippen LogP contribution in [0.4, 0.5) is 0 Å². The highest BCUT2D eigenvalue weighted by molar-refractivity contribution is 6.42. The molecule has 1 rings (SSSR count). The Morgan fingerprint density at radius 3 is 2.64 bits per heavy atom. The zero-order valence-corrected chi connectivity index (χ0v) is 9.05. The number of aliphatic hydroxyl groups excluding tert-OH is 1. The molecule has 2 unspecified atom stereocenters. The van der Waals surface area contributed by atoms with E-state index < -0.39 is 12.0 Å². The van der Waals surface area contributed by atoms with Gasteiger partial charge in [-0.05, 0) is 13.0 Å². The van der Waals surface area contributed by atoms with Gasteiger partial charge in [-0.2, -0.15) is 5.26 Å². The van der Waals surface area contributed by atoms with Gasteiger partial charge in [0, 0.05) is 5.56 Å². The molecule has 0 aliphatic rings. The molecule has 14 heavy (non-hydrogen) atoms. The van der Waals surface area contributed by atoms with Crippen molar-refractivity contribution in [3.8, 4) is 6.07 Å². The maximum Gasteiger partial charge on any atom is 0.0960 e. The van der Waals surface area contributed by atoms with Crippen molar-refractivity contribution in [2.45, 2.75) is 13.0 Å². The van der Waals surface area contributed by atoms with E-state index in [4.69, 9.17) is 28.5 Å². The van der Waals surface area contributed by atoms with Crippen LogP contribution in [0.1, 0.15) is 18.6 Å². The fraction of sp³-hybridized carbons (Fsp3) is 0.300. The number of nitriles is 1. The first-order chi connectivity index (χ1) is 6.57. The highest BCUT2D eigenvalue weighted by Crippen LogP contribution is 2.32. The molecule has 2 nitrogen and oxygen atoms in total. The molecule has 1 aromatic carbocycles. The van der Waals surface area contributed by atoms with E-state index in [9.17, 15) is 5.11 Å². The summed E-state index contributed by atoms with van der Waals surface area (Å²) in [7, 11) is 0. The van der Waals surface area contributed by atoms with Gasteiger partial charge in [0.2, 0.25) is 0 Å². The van der Waals surface area contributed by atoms with Gasteiger partial charge in [-0.1, -0.05) is 35.3 Å². The summed E-state index contributed by atoms with van der Waals surface area (Å²) < 4.78 is 0. The minimum Gasteiger partial charge on any atom is -0.387 e. The third-order valence-corrected chi connectivity index (χ3v) is 2.81. The van der Waals surface area contributed by atoms with Crippen LogP contribution in [-0.4, -0.2) is 5.11 Å². The second-order valence-electron chi connectivity index (χ2n) is 3.01. The number of aliphatic hydroxyl groups is 1. The Bertz CT molecular complexity index is 373. The van der Waals surface area contributed by atoms with Gasteiger partial charge in [-0.25, -0.2) is 0 Å². The van der Waals surface area contributed by atoms with E-state index in [2.05, 4.69) is 0 Å². The highest BCUT2D eigenvalue weighted by atomic mass is 35.5. The Morgan fingerprint density at radius 2 is 2.07 bits per heavy atom. The SMILES string of the molecule is CC(C#N)C(O)c1cccc(Cl)c1Cl. The van der Waals surface area contributed by atoms with Crippen molar-refractivity contribution < 1.29 is 5.11 Å². The molecule has 0 saturated heterocycles. The third-order valence-electron chi connectivity index (χ3n) is 1.98. The Labute approximate surface area is 92.7 Å². The first kappa shape index (κ1) is 11.3. The molecule has 2 atom stereocenters. The minimum absolute atomic E-state index is 0.309. The van der Waals surface area contributed by atoms with E-state index in [0.717, 1.165) is 0 Å². The van der Waals surface area contributed by atoms with E-state index in [1.807, 2.05) is 6.07 Å². The van der Waals surface area contributed by atoms with Crippen molar-refractivity contribution in [3.05, 3.63) is 33.8 Å². The molecule has 0 radical (unpaired) electrons. The summed E-state index contributed by atoms with van der Waals surface area (Å²) in [5.41, 5.74) is 0.494. The van der Waals surface area contributed by atoms with Crippen LogP contribution in [0.25, 0.3) is 0 Å². The lowest BCUT2D eigenvalue weighted by Crippen LogP contribution is -2.07. The summed E-state index contributed by atoms with van der Waals surface area (Å²) in [5.74, 6) is -0.508. The molecule has 4 heteroatoms. The lowest BCUT2D eigenvalue weighted by Gasteiger charge is -2.14. The van der Waals surface area contributed by atoms with E-state index in [-0.39, 0.29) is 0 Å². The summed E-state index contributed by atoms with van der Waals surface area (Å²) in [4.78, 5) is 0. The van der Waals surface area contributed by atoms with Crippen LogP contribution in [-0.2, 0) is 0 Å². The minimum atomic E-state index is -0.897. The van der Waals surface area contributed by atoms with Gasteiger partial charge < -0.3 is 5.11 Å². The first-order valence-electron chi connectivity index (χ1n) is 4.09. The summed E-state index contributed by atoms with van der Waals surface area (Å²) in [6.45, 7) is 1.63. The van der Waals surface area contributed by atoms with Gasteiger partial charge >= 0.3 is 0 Å². The van der Waals surface area contributed by atoms with E-state index >= 15 is 0 Å². The van der Waals surface area contributed by atoms with Crippen LogP contribution in [0, 0.1) is 17.2 Å². The second kappa shape index (κ2) is 4.65. The molecule has 0 heterocycles. The van der Waals surface area contributed by atoms with Gasteiger partial charge in [-0.15, -0.1) is 0 Å². The highest BCUT2D eigenvalue weighted by Gasteiger charge is 2.19. The van der Waals surface area contributed by atoms with Crippen molar-refractivity contribution in [1.29, 1.82) is 5.26 Å². The molecule has 0 spiro atoms. The van der Waals surface area contributed by atoms with Crippen molar-refractivity contribution in [2.75, 3.05) is 0 Å². The molecule has 1 N–H and O–H groups in total. The fourth-order valence-corrected chi connectivity index (χ4v) is 1.51. The Morgan fingerprint density at radius 1 is 1.43 bits per heavy atom. The van der Waals surface area contributed by atoms with E-state index in [1.165, 1.54) is 0 Å². The number of hydrogen-bond donors (Lipinski definition) is 1. The number of rotatable bonds is 2. The fourth-order valence-electron chi connectivity index (χ4n) is 1.09. The summed E-state index contributed by atoms with van der Waals surface area (Å²) in [6, 6.07) is 6.94. The predicted octanol–water partition coefficient (Wildman–Crippen LogP) is 3.19. The number of nitrogens with zero attached hydrogens (tertiary/aromatic N) is 1. The molecule has 0 saturated carbocycles. The summed E-state index contributed by atoms with van der Waals surface area (Å²) >= 11 is 11.7. The molecular weight excluding hydrogens is 221 g/mol. The quantitative estimate of drug-likeness (QED) is 0.847. The largest absolute Gasteiger partial charge is 0.387 e. The zero-order valence-electron chi connectivity index (χ0n) is 7.54. The third kappa shape index (κ3) is 2.19. The van der Waals surface area contributed by atoms with E-state index in [1.54, 1.807) is 25.1 Å². The average Bonchev–Trinajstić information content (AvgIpc) is 2.20. The van der Waals surface area contributed by atoms with Crippen molar-refractivity contribution in [3.63, 3.8) is 0 Å². The second-order valence-corrected chi connectivity index (χ2v) is 3.79. The number of benzene rings is 1. The van der Waals surface area contributed by atoms with Gasteiger partial charge in [0.05, 0.1) is 28.1 Å². The first-order valence-corrected chi connectivity index (χ1v) is 4.85. The molecule has 0 aromatic heterocycles. The standard InChI is InChI=1S/C10H9Cl2NO/c1-6(5-13)10(14)7-3-2-4-8(11)9(7)12/h2-4,6,10,14H,1H3. The normalized spacial score (nSPS) is 14.5. The molecule has 1 aromatic rings. The lowest BCUT2D eigenvalue weighted by molar-refractivity contribution is 0.143.